The van der Waals surface area contributed by atoms with Crippen LogP contribution in [0.1, 0.15) is 29.7 Å². The summed E-state index contributed by atoms with van der Waals surface area (Å²) in [5.74, 6) is -1.86. The second-order valence-corrected chi connectivity index (χ2v) is 8.70. The number of ether oxygens (including phenoxy) is 1. The van der Waals surface area contributed by atoms with Gasteiger partial charge in [-0.2, -0.15) is 0 Å². The van der Waals surface area contributed by atoms with Crippen LogP contribution in [0, 0.1) is 23.0 Å². The molecule has 1 aliphatic heterocycles. The van der Waals surface area contributed by atoms with Gasteiger partial charge in [-0.05, 0) is 37.1 Å². The number of esters is 1. The molecule has 0 saturated carbocycles. The van der Waals surface area contributed by atoms with Gasteiger partial charge < -0.3 is 9.30 Å². The van der Waals surface area contributed by atoms with Crippen molar-refractivity contribution in [3.05, 3.63) is 99.6 Å². The van der Waals surface area contributed by atoms with Gasteiger partial charge in [-0.3, -0.25) is 24.6 Å². The minimum atomic E-state index is -1.19. The summed E-state index contributed by atoms with van der Waals surface area (Å²) in [6.07, 6.45) is 0. The molecule has 3 aromatic carbocycles. The standard InChI is InChI=1S/C27H24N4O5/c1-3-36-26(33)23-24(19-12-14-20(15-13-19)31(34)35)30-22-7-5-4-6-21(22)28-27(30)29(25(23)32)16-18-10-8-17(2)9-11-18/h4-15,23-24H,3,16H2,1-2H3/t23-,24+/m1/s1. The third-order valence-corrected chi connectivity index (χ3v) is 6.39. The Morgan fingerprint density at radius 1 is 1.06 bits per heavy atom. The number of nitrogens with zero attached hydrogens (tertiary/aromatic N) is 4. The highest BCUT2D eigenvalue weighted by molar-refractivity contribution is 6.08. The highest BCUT2D eigenvalue weighted by Gasteiger charge is 2.48. The number of amides is 1. The van der Waals surface area contributed by atoms with Crippen molar-refractivity contribution < 1.29 is 19.2 Å². The summed E-state index contributed by atoms with van der Waals surface area (Å²) in [6.45, 7) is 4.02. The van der Waals surface area contributed by atoms with Crippen LogP contribution in [0.5, 0.6) is 0 Å². The number of nitro groups is 1. The van der Waals surface area contributed by atoms with E-state index in [1.165, 1.54) is 17.0 Å². The van der Waals surface area contributed by atoms with Gasteiger partial charge in [0.2, 0.25) is 11.9 Å². The lowest BCUT2D eigenvalue weighted by Gasteiger charge is -2.38. The Bertz CT molecular complexity index is 1460. The van der Waals surface area contributed by atoms with Crippen molar-refractivity contribution in [1.29, 1.82) is 0 Å². The van der Waals surface area contributed by atoms with Crippen molar-refractivity contribution in [2.45, 2.75) is 26.4 Å². The fourth-order valence-electron chi connectivity index (χ4n) is 4.67. The average Bonchev–Trinajstić information content (AvgIpc) is 3.26. The normalized spacial score (nSPS) is 17.2. The molecule has 1 aliphatic rings. The largest absolute Gasteiger partial charge is 0.465 e. The molecule has 0 spiro atoms. The van der Waals surface area contributed by atoms with E-state index in [0.29, 0.717) is 17.0 Å². The zero-order valence-electron chi connectivity index (χ0n) is 19.8. The number of benzene rings is 3. The Kier molecular flexibility index (Phi) is 5.97. The molecule has 0 unspecified atom stereocenters. The van der Waals surface area contributed by atoms with Crippen LogP contribution in [0.3, 0.4) is 0 Å². The lowest BCUT2D eigenvalue weighted by atomic mass is 9.89. The zero-order valence-corrected chi connectivity index (χ0v) is 19.8. The minimum absolute atomic E-state index is 0.0784. The number of hydrogen-bond acceptors (Lipinski definition) is 6. The van der Waals surface area contributed by atoms with E-state index in [4.69, 9.17) is 9.72 Å². The van der Waals surface area contributed by atoms with Crippen LogP contribution in [-0.2, 0) is 20.9 Å². The van der Waals surface area contributed by atoms with Gasteiger partial charge in [-0.15, -0.1) is 0 Å². The number of aryl methyl sites for hydroxylation is 1. The Hall–Kier alpha value is -4.53. The van der Waals surface area contributed by atoms with Gasteiger partial charge in [0.25, 0.3) is 5.69 Å². The molecule has 0 N–H and O–H groups in total. The van der Waals surface area contributed by atoms with Crippen molar-refractivity contribution in [3.8, 4) is 0 Å². The van der Waals surface area contributed by atoms with Crippen LogP contribution >= 0.6 is 0 Å². The highest BCUT2D eigenvalue weighted by Crippen LogP contribution is 2.42. The third-order valence-electron chi connectivity index (χ3n) is 6.39. The molecular weight excluding hydrogens is 460 g/mol. The van der Waals surface area contributed by atoms with Crippen molar-refractivity contribution in [1.82, 2.24) is 9.55 Å². The maximum absolute atomic E-state index is 14.0. The fraction of sp³-hybridized carbons (Fsp3) is 0.222. The number of para-hydroxylation sites is 2. The molecular formula is C27H24N4O5. The number of hydrogen-bond donors (Lipinski definition) is 0. The number of rotatable bonds is 6. The van der Waals surface area contributed by atoms with Crippen LogP contribution in [0.4, 0.5) is 11.6 Å². The van der Waals surface area contributed by atoms with Gasteiger partial charge in [-0.1, -0.05) is 54.1 Å². The number of fused-ring (bicyclic) bond motifs is 3. The molecule has 36 heavy (non-hydrogen) atoms. The van der Waals surface area contributed by atoms with E-state index in [-0.39, 0.29) is 18.8 Å². The topological polar surface area (TPSA) is 108 Å². The van der Waals surface area contributed by atoms with Gasteiger partial charge in [0.15, 0.2) is 5.92 Å². The van der Waals surface area contributed by atoms with Gasteiger partial charge in [0, 0.05) is 12.1 Å². The van der Waals surface area contributed by atoms with Crippen molar-refractivity contribution in [2.24, 2.45) is 5.92 Å². The molecule has 0 bridgehead atoms. The zero-order chi connectivity index (χ0) is 25.4. The second-order valence-electron chi connectivity index (χ2n) is 8.70. The monoisotopic (exact) mass is 484 g/mol. The number of aromatic nitrogens is 2. The molecule has 0 radical (unpaired) electrons. The fourth-order valence-corrected chi connectivity index (χ4v) is 4.67. The van der Waals surface area contributed by atoms with Gasteiger partial charge in [0.1, 0.15) is 0 Å². The maximum atomic E-state index is 14.0. The second kappa shape index (κ2) is 9.26. The number of imidazole rings is 1. The van der Waals surface area contributed by atoms with Gasteiger partial charge >= 0.3 is 5.97 Å². The Balaban J connectivity index is 1.72. The number of carbonyl (C=O) groups is 2. The third kappa shape index (κ3) is 3.98. The van der Waals surface area contributed by atoms with Crippen LogP contribution in [0.2, 0.25) is 0 Å². The first-order valence-electron chi connectivity index (χ1n) is 11.6. The van der Waals surface area contributed by atoms with Gasteiger partial charge in [0.05, 0.1) is 35.2 Å². The van der Waals surface area contributed by atoms with E-state index < -0.39 is 28.8 Å². The molecule has 182 valence electrons. The summed E-state index contributed by atoms with van der Waals surface area (Å²) in [5.41, 5.74) is 3.90. The number of nitro benzene ring substituents is 1. The van der Waals surface area contributed by atoms with Crippen molar-refractivity contribution in [3.63, 3.8) is 0 Å². The van der Waals surface area contributed by atoms with E-state index in [0.717, 1.165) is 16.6 Å². The van der Waals surface area contributed by atoms with Crippen LogP contribution < -0.4 is 4.90 Å². The number of carbonyl (C=O) groups excluding carboxylic acids is 2. The van der Waals surface area contributed by atoms with E-state index in [2.05, 4.69) is 0 Å². The number of non-ortho nitro benzene ring substituents is 1. The van der Waals surface area contributed by atoms with E-state index in [1.807, 2.05) is 60.0 Å². The van der Waals surface area contributed by atoms with Crippen molar-refractivity contribution in [2.75, 3.05) is 11.5 Å². The molecule has 0 saturated heterocycles. The average molecular weight is 485 g/mol. The molecule has 4 aromatic rings. The SMILES string of the molecule is CCOC(=O)[C@H]1C(=O)N(Cc2ccc(C)cc2)c2nc3ccccc3n2[C@H]1c1ccc([N+](=O)[O-])cc1. The van der Waals surface area contributed by atoms with E-state index >= 15 is 0 Å². The molecule has 9 nitrogen and oxygen atoms in total. The molecule has 0 aliphatic carbocycles. The highest BCUT2D eigenvalue weighted by atomic mass is 16.6. The first-order valence-corrected chi connectivity index (χ1v) is 11.6. The van der Waals surface area contributed by atoms with Crippen LogP contribution in [0.15, 0.2) is 72.8 Å². The van der Waals surface area contributed by atoms with Crippen LogP contribution in [-0.4, -0.2) is 33.0 Å². The van der Waals surface area contributed by atoms with Gasteiger partial charge in [-0.25, -0.2) is 4.98 Å². The summed E-state index contributed by atoms with van der Waals surface area (Å²) in [5, 5.41) is 11.2. The Morgan fingerprint density at radius 3 is 2.42 bits per heavy atom. The predicted octanol–water partition coefficient (Wildman–Crippen LogP) is 4.57. The molecule has 2 heterocycles. The van der Waals surface area contributed by atoms with E-state index in [9.17, 15) is 19.7 Å². The number of anilines is 1. The summed E-state index contributed by atoms with van der Waals surface area (Å²) in [6, 6.07) is 20.4. The maximum Gasteiger partial charge on any atom is 0.321 e. The Labute approximate surface area is 207 Å². The molecule has 1 aromatic heterocycles. The molecule has 9 heteroatoms. The molecule has 0 fully saturated rings. The molecule has 5 rings (SSSR count). The summed E-state index contributed by atoms with van der Waals surface area (Å²) in [7, 11) is 0. The van der Waals surface area contributed by atoms with E-state index in [1.54, 1.807) is 19.1 Å². The predicted molar refractivity (Wildman–Crippen MR) is 133 cm³/mol. The Morgan fingerprint density at radius 2 is 1.75 bits per heavy atom. The quantitative estimate of drug-likeness (QED) is 0.172. The summed E-state index contributed by atoms with van der Waals surface area (Å²) in [4.78, 5) is 44.3. The first kappa shape index (κ1) is 23.2. The summed E-state index contributed by atoms with van der Waals surface area (Å²) >= 11 is 0. The molecule has 1 amide bonds. The molecule has 2 atom stereocenters. The van der Waals surface area contributed by atoms with Crippen molar-refractivity contribution >= 4 is 34.5 Å². The lowest BCUT2D eigenvalue weighted by Crippen LogP contribution is -2.49. The smallest absolute Gasteiger partial charge is 0.321 e. The lowest BCUT2D eigenvalue weighted by molar-refractivity contribution is -0.384. The van der Waals surface area contributed by atoms with Crippen LogP contribution in [0.25, 0.3) is 11.0 Å². The minimum Gasteiger partial charge on any atom is -0.465 e. The summed E-state index contributed by atoms with van der Waals surface area (Å²) < 4.78 is 7.22. The first-order chi connectivity index (χ1) is 17.4.